The highest BCUT2D eigenvalue weighted by atomic mass is 35.5. The van der Waals surface area contributed by atoms with Gasteiger partial charge in [0.05, 0.1) is 27.9 Å². The molecule has 8 heteroatoms. The molecule has 0 radical (unpaired) electrons. The van der Waals surface area contributed by atoms with Gasteiger partial charge in [-0.3, -0.25) is 9.59 Å². The maximum atomic E-state index is 13.2. The van der Waals surface area contributed by atoms with Crippen LogP contribution in [0, 0.1) is 6.92 Å². The number of pyridine rings is 2. The number of carbonyl (C=O) groups is 2. The van der Waals surface area contributed by atoms with Crippen molar-refractivity contribution >= 4 is 40.1 Å². The van der Waals surface area contributed by atoms with Crippen molar-refractivity contribution in [2.45, 2.75) is 6.92 Å². The molecular weight excluding hydrogens is 378 g/mol. The third kappa shape index (κ3) is 2.26. The Labute approximate surface area is 164 Å². The molecule has 0 N–H and O–H groups in total. The van der Waals surface area contributed by atoms with Gasteiger partial charge in [0.25, 0.3) is 11.8 Å². The summed E-state index contributed by atoms with van der Waals surface area (Å²) in [6.07, 6.45) is 3.07. The van der Waals surface area contributed by atoms with Crippen LogP contribution in [0.2, 0.25) is 5.02 Å². The van der Waals surface area contributed by atoms with E-state index in [-0.39, 0.29) is 5.56 Å². The zero-order valence-corrected chi connectivity index (χ0v) is 15.4. The van der Waals surface area contributed by atoms with E-state index in [1.165, 1.54) is 6.20 Å². The van der Waals surface area contributed by atoms with Crippen LogP contribution < -0.4 is 4.90 Å². The van der Waals surface area contributed by atoms with Gasteiger partial charge >= 0.3 is 0 Å². The molecule has 0 saturated carbocycles. The standard InChI is InChI=1S/C20H12ClN5O2/c1-11-16-17-14(10-23-18(16)26(24-11)15-7-2-3-8-22-15)19(27)25(20(17)28)13-6-4-5-12(21)9-13/h2-10H,1H3. The van der Waals surface area contributed by atoms with E-state index in [0.29, 0.717) is 38.8 Å². The average Bonchev–Trinajstić information content (AvgIpc) is 3.17. The van der Waals surface area contributed by atoms with Crippen LogP contribution in [0.3, 0.4) is 0 Å². The fraction of sp³-hybridized carbons (Fsp3) is 0.0500. The van der Waals surface area contributed by atoms with Crippen LogP contribution in [0.15, 0.2) is 54.9 Å². The van der Waals surface area contributed by atoms with Crippen molar-refractivity contribution < 1.29 is 9.59 Å². The average molecular weight is 390 g/mol. The number of aryl methyl sites for hydroxylation is 1. The van der Waals surface area contributed by atoms with Crippen molar-refractivity contribution in [2.75, 3.05) is 4.90 Å². The number of fused-ring (bicyclic) bond motifs is 3. The van der Waals surface area contributed by atoms with Crippen molar-refractivity contribution in [3.8, 4) is 5.82 Å². The number of imide groups is 1. The number of rotatable bonds is 2. The summed E-state index contributed by atoms with van der Waals surface area (Å²) in [6.45, 7) is 1.78. The van der Waals surface area contributed by atoms with Crippen LogP contribution in [0.5, 0.6) is 0 Å². The Balaban J connectivity index is 1.73. The van der Waals surface area contributed by atoms with Gasteiger partial charge in [0.15, 0.2) is 11.5 Å². The fourth-order valence-electron chi connectivity index (χ4n) is 3.45. The molecule has 1 aliphatic heterocycles. The van der Waals surface area contributed by atoms with Crippen molar-refractivity contribution in [1.29, 1.82) is 0 Å². The van der Waals surface area contributed by atoms with E-state index in [9.17, 15) is 9.59 Å². The maximum Gasteiger partial charge on any atom is 0.267 e. The van der Waals surface area contributed by atoms with Gasteiger partial charge in [0.1, 0.15) is 0 Å². The largest absolute Gasteiger partial charge is 0.268 e. The first-order valence-electron chi connectivity index (χ1n) is 8.50. The van der Waals surface area contributed by atoms with Crippen LogP contribution in [-0.2, 0) is 0 Å². The second kappa shape index (κ2) is 5.97. The van der Waals surface area contributed by atoms with E-state index < -0.39 is 11.8 Å². The van der Waals surface area contributed by atoms with Gasteiger partial charge in [-0.25, -0.2) is 14.9 Å². The van der Waals surface area contributed by atoms with Crippen LogP contribution in [0.25, 0.3) is 16.9 Å². The molecule has 0 atom stereocenters. The Morgan fingerprint density at radius 3 is 2.61 bits per heavy atom. The number of hydrogen-bond acceptors (Lipinski definition) is 5. The Morgan fingerprint density at radius 1 is 1.00 bits per heavy atom. The van der Waals surface area contributed by atoms with Gasteiger partial charge in [0.2, 0.25) is 0 Å². The molecule has 2 amide bonds. The number of aromatic nitrogens is 4. The smallest absolute Gasteiger partial charge is 0.267 e. The number of benzene rings is 1. The Morgan fingerprint density at radius 2 is 1.86 bits per heavy atom. The molecule has 0 aliphatic carbocycles. The summed E-state index contributed by atoms with van der Waals surface area (Å²) in [6, 6.07) is 12.1. The molecule has 4 heterocycles. The summed E-state index contributed by atoms with van der Waals surface area (Å²) >= 11 is 6.04. The van der Waals surface area contributed by atoms with Crippen molar-refractivity contribution in [3.05, 3.63) is 76.7 Å². The van der Waals surface area contributed by atoms with Crippen molar-refractivity contribution in [1.82, 2.24) is 19.7 Å². The first kappa shape index (κ1) is 16.6. The zero-order chi connectivity index (χ0) is 19.4. The van der Waals surface area contributed by atoms with Gasteiger partial charge in [-0.15, -0.1) is 0 Å². The van der Waals surface area contributed by atoms with E-state index in [2.05, 4.69) is 15.1 Å². The third-order valence-electron chi connectivity index (χ3n) is 4.65. The number of anilines is 1. The van der Waals surface area contributed by atoms with E-state index in [0.717, 1.165) is 4.90 Å². The summed E-state index contributed by atoms with van der Waals surface area (Å²) in [4.78, 5) is 36.0. The Kier molecular flexibility index (Phi) is 3.53. The van der Waals surface area contributed by atoms with Crippen LogP contribution >= 0.6 is 11.6 Å². The molecule has 4 aromatic rings. The van der Waals surface area contributed by atoms with Gasteiger partial charge in [-0.2, -0.15) is 9.78 Å². The minimum absolute atomic E-state index is 0.251. The molecule has 0 fully saturated rings. The molecule has 0 saturated heterocycles. The van der Waals surface area contributed by atoms with Gasteiger partial charge in [0, 0.05) is 17.4 Å². The SMILES string of the molecule is Cc1nn(-c2ccccn2)c2ncc3c(c12)C(=O)N(c1cccc(Cl)c1)C3=O. The molecule has 7 nitrogen and oxygen atoms in total. The highest BCUT2D eigenvalue weighted by Crippen LogP contribution is 2.34. The lowest BCUT2D eigenvalue weighted by molar-refractivity contribution is 0.0926. The van der Waals surface area contributed by atoms with Crippen LogP contribution in [0.4, 0.5) is 5.69 Å². The lowest BCUT2D eigenvalue weighted by Gasteiger charge is -2.13. The van der Waals surface area contributed by atoms with Crippen LogP contribution in [0.1, 0.15) is 26.4 Å². The zero-order valence-electron chi connectivity index (χ0n) is 14.6. The molecule has 0 unspecified atom stereocenters. The highest BCUT2D eigenvalue weighted by molar-refractivity contribution is 6.38. The Hall–Kier alpha value is -3.58. The van der Waals surface area contributed by atoms with E-state index >= 15 is 0 Å². The monoisotopic (exact) mass is 389 g/mol. The lowest BCUT2D eigenvalue weighted by atomic mass is 10.1. The van der Waals surface area contributed by atoms with Crippen molar-refractivity contribution in [2.24, 2.45) is 0 Å². The Bertz CT molecular complexity index is 1280. The minimum atomic E-state index is -0.429. The number of hydrogen-bond donors (Lipinski definition) is 0. The lowest BCUT2D eigenvalue weighted by Crippen LogP contribution is -2.29. The predicted octanol–water partition coefficient (Wildman–Crippen LogP) is 3.58. The topological polar surface area (TPSA) is 81.0 Å². The molecule has 0 spiro atoms. The number of amides is 2. The number of halogens is 1. The maximum absolute atomic E-state index is 13.2. The number of carbonyl (C=O) groups excluding carboxylic acids is 2. The number of nitrogens with zero attached hydrogens (tertiary/aromatic N) is 5. The normalized spacial score (nSPS) is 13.4. The highest BCUT2D eigenvalue weighted by Gasteiger charge is 2.40. The summed E-state index contributed by atoms with van der Waals surface area (Å²) in [5.74, 6) is -0.267. The quantitative estimate of drug-likeness (QED) is 0.489. The van der Waals surface area contributed by atoms with Crippen molar-refractivity contribution in [3.63, 3.8) is 0 Å². The second-order valence-electron chi connectivity index (χ2n) is 6.36. The van der Waals surface area contributed by atoms with E-state index in [1.54, 1.807) is 54.2 Å². The molecule has 1 aromatic carbocycles. The molecule has 136 valence electrons. The van der Waals surface area contributed by atoms with Crippen LogP contribution in [-0.4, -0.2) is 31.6 Å². The molecular formula is C20H12ClN5O2. The van der Waals surface area contributed by atoms with Gasteiger partial charge in [-0.05, 0) is 37.3 Å². The third-order valence-corrected chi connectivity index (χ3v) is 4.89. The minimum Gasteiger partial charge on any atom is -0.268 e. The molecule has 5 rings (SSSR count). The molecule has 1 aliphatic rings. The fourth-order valence-corrected chi connectivity index (χ4v) is 3.63. The molecule has 0 bridgehead atoms. The molecule has 3 aromatic heterocycles. The first-order chi connectivity index (χ1) is 13.6. The summed E-state index contributed by atoms with van der Waals surface area (Å²) < 4.78 is 1.57. The predicted molar refractivity (Wildman–Crippen MR) is 104 cm³/mol. The molecule has 28 heavy (non-hydrogen) atoms. The summed E-state index contributed by atoms with van der Waals surface area (Å²) in [5, 5.41) is 5.49. The second-order valence-corrected chi connectivity index (χ2v) is 6.79. The first-order valence-corrected chi connectivity index (χ1v) is 8.88. The summed E-state index contributed by atoms with van der Waals surface area (Å²) in [7, 11) is 0. The van der Waals surface area contributed by atoms with Gasteiger partial charge < -0.3 is 0 Å². The van der Waals surface area contributed by atoms with Gasteiger partial charge in [-0.1, -0.05) is 23.7 Å². The van der Waals surface area contributed by atoms with E-state index in [4.69, 9.17) is 11.6 Å². The summed E-state index contributed by atoms with van der Waals surface area (Å²) in [5.41, 5.74) is 2.04. The van der Waals surface area contributed by atoms with E-state index in [1.807, 2.05) is 6.07 Å².